The zero-order valence-corrected chi connectivity index (χ0v) is 15.2. The highest BCUT2D eigenvalue weighted by atomic mass is 16.4. The Balaban J connectivity index is 1.91. The van der Waals surface area contributed by atoms with Gasteiger partial charge in [0.05, 0.1) is 0 Å². The van der Waals surface area contributed by atoms with Gasteiger partial charge in [-0.05, 0) is 47.4 Å². The molecule has 0 aliphatic heterocycles. The van der Waals surface area contributed by atoms with Gasteiger partial charge in [0.2, 0.25) is 5.91 Å². The van der Waals surface area contributed by atoms with Crippen LogP contribution in [-0.4, -0.2) is 29.4 Å². The summed E-state index contributed by atoms with van der Waals surface area (Å²) in [5, 5.41) is 13.5. The van der Waals surface area contributed by atoms with Gasteiger partial charge in [0, 0.05) is 17.3 Å². The smallest absolute Gasteiger partial charge is 0.322 e. The number of hydrogen-bond donors (Lipinski definition) is 3. The molecule has 0 unspecified atom stereocenters. The molecule has 0 saturated heterocycles. The number of carboxylic acid groups (broad SMARTS) is 1. The van der Waals surface area contributed by atoms with Crippen molar-refractivity contribution in [1.82, 2.24) is 5.32 Å². The van der Waals surface area contributed by atoms with Crippen molar-refractivity contribution < 1.29 is 19.5 Å². The lowest BCUT2D eigenvalue weighted by molar-refractivity contribution is -0.135. The summed E-state index contributed by atoms with van der Waals surface area (Å²) in [5.41, 5.74) is 3.02. The summed E-state index contributed by atoms with van der Waals surface area (Å²) in [6.07, 6.45) is 3.17. The van der Waals surface area contributed by atoms with Gasteiger partial charge < -0.3 is 15.7 Å². The highest BCUT2D eigenvalue weighted by Crippen LogP contribution is 2.15. The summed E-state index contributed by atoms with van der Waals surface area (Å²) in [7, 11) is 0. The number of anilines is 1. The van der Waals surface area contributed by atoms with Crippen LogP contribution >= 0.6 is 0 Å². The minimum Gasteiger partial charge on any atom is -0.480 e. The molecule has 0 bridgehead atoms. The van der Waals surface area contributed by atoms with Gasteiger partial charge in [-0.3, -0.25) is 14.4 Å². The number of amides is 2. The topological polar surface area (TPSA) is 95.5 Å². The van der Waals surface area contributed by atoms with E-state index in [1.165, 1.54) is 23.8 Å². The SMILES string of the molecule is CC(C)c1ccc(/C=C/C(=O)Nc2ccc(C(=O)NCC(=O)O)cc2)cc1. The van der Waals surface area contributed by atoms with Crippen molar-refractivity contribution in [3.8, 4) is 0 Å². The van der Waals surface area contributed by atoms with Crippen molar-refractivity contribution in [2.24, 2.45) is 0 Å². The van der Waals surface area contributed by atoms with Crippen LogP contribution in [0.2, 0.25) is 0 Å². The number of aliphatic carboxylic acids is 1. The number of rotatable bonds is 7. The fraction of sp³-hybridized carbons (Fsp3) is 0.190. The fourth-order valence-corrected chi connectivity index (χ4v) is 2.31. The van der Waals surface area contributed by atoms with Gasteiger partial charge in [-0.15, -0.1) is 0 Å². The average Bonchev–Trinajstić information content (AvgIpc) is 2.65. The summed E-state index contributed by atoms with van der Waals surface area (Å²) in [4.78, 5) is 34.2. The van der Waals surface area contributed by atoms with Crippen molar-refractivity contribution in [3.05, 3.63) is 71.3 Å². The molecular formula is C21H22N2O4. The first kappa shape index (κ1) is 19.9. The zero-order valence-electron chi connectivity index (χ0n) is 15.2. The third-order valence-electron chi connectivity index (χ3n) is 3.85. The van der Waals surface area contributed by atoms with Crippen LogP contribution in [0, 0.1) is 0 Å². The Kier molecular flexibility index (Phi) is 6.88. The van der Waals surface area contributed by atoms with E-state index in [1.807, 2.05) is 24.3 Å². The number of benzene rings is 2. The van der Waals surface area contributed by atoms with Crippen molar-refractivity contribution >= 4 is 29.5 Å². The third kappa shape index (κ3) is 6.43. The number of carboxylic acids is 1. The maximum absolute atomic E-state index is 12.0. The van der Waals surface area contributed by atoms with Gasteiger partial charge in [0.15, 0.2) is 0 Å². The van der Waals surface area contributed by atoms with E-state index in [0.29, 0.717) is 17.2 Å². The number of nitrogens with one attached hydrogen (secondary N) is 2. The minimum absolute atomic E-state index is 0.286. The number of carbonyl (C=O) groups excluding carboxylic acids is 2. The molecule has 6 heteroatoms. The molecule has 0 saturated carbocycles. The van der Waals surface area contributed by atoms with Crippen LogP contribution in [-0.2, 0) is 9.59 Å². The molecule has 0 fully saturated rings. The normalized spacial score (nSPS) is 10.8. The van der Waals surface area contributed by atoms with Crippen molar-refractivity contribution in [2.75, 3.05) is 11.9 Å². The van der Waals surface area contributed by atoms with Crippen LogP contribution in [0.25, 0.3) is 6.08 Å². The molecule has 2 rings (SSSR count). The molecule has 6 nitrogen and oxygen atoms in total. The highest BCUT2D eigenvalue weighted by Gasteiger charge is 2.07. The molecule has 0 heterocycles. The maximum Gasteiger partial charge on any atom is 0.322 e. The molecule has 0 aliphatic carbocycles. The molecule has 0 aromatic heterocycles. The predicted octanol–water partition coefficient (Wildman–Crippen LogP) is 3.28. The maximum atomic E-state index is 12.0. The quantitative estimate of drug-likeness (QED) is 0.655. The van der Waals surface area contributed by atoms with Crippen molar-refractivity contribution in [1.29, 1.82) is 0 Å². The lowest BCUT2D eigenvalue weighted by Gasteiger charge is -2.06. The fourth-order valence-electron chi connectivity index (χ4n) is 2.31. The zero-order chi connectivity index (χ0) is 19.8. The summed E-state index contributed by atoms with van der Waals surface area (Å²) in [5.74, 6) is -1.43. The second kappa shape index (κ2) is 9.33. The summed E-state index contributed by atoms with van der Waals surface area (Å²) < 4.78 is 0. The van der Waals surface area contributed by atoms with E-state index >= 15 is 0 Å². The number of carbonyl (C=O) groups is 3. The number of hydrogen-bond acceptors (Lipinski definition) is 3. The third-order valence-corrected chi connectivity index (χ3v) is 3.85. The van der Waals surface area contributed by atoms with Crippen LogP contribution < -0.4 is 10.6 Å². The predicted molar refractivity (Wildman–Crippen MR) is 105 cm³/mol. The van der Waals surface area contributed by atoms with Crippen LogP contribution in [0.1, 0.15) is 41.3 Å². The average molecular weight is 366 g/mol. The molecule has 2 aromatic carbocycles. The largest absolute Gasteiger partial charge is 0.480 e. The molecular weight excluding hydrogens is 344 g/mol. The van der Waals surface area contributed by atoms with E-state index in [0.717, 1.165) is 5.56 Å². The van der Waals surface area contributed by atoms with Crippen molar-refractivity contribution in [3.63, 3.8) is 0 Å². The van der Waals surface area contributed by atoms with Gasteiger partial charge in [0.25, 0.3) is 5.91 Å². The van der Waals surface area contributed by atoms with Crippen molar-refractivity contribution in [2.45, 2.75) is 19.8 Å². The van der Waals surface area contributed by atoms with Gasteiger partial charge in [-0.25, -0.2) is 0 Å². The molecule has 2 aromatic rings. The first-order valence-electron chi connectivity index (χ1n) is 8.54. The molecule has 2 amide bonds. The van der Waals surface area contributed by atoms with Crippen LogP contribution in [0.3, 0.4) is 0 Å². The second-order valence-corrected chi connectivity index (χ2v) is 6.30. The minimum atomic E-state index is -1.11. The Morgan fingerprint density at radius 1 is 1.00 bits per heavy atom. The first-order chi connectivity index (χ1) is 12.8. The molecule has 0 radical (unpaired) electrons. The molecule has 27 heavy (non-hydrogen) atoms. The van der Waals surface area contributed by atoms with Crippen LogP contribution in [0.5, 0.6) is 0 Å². The second-order valence-electron chi connectivity index (χ2n) is 6.30. The summed E-state index contributed by atoms with van der Waals surface area (Å²) in [6, 6.07) is 14.2. The Morgan fingerprint density at radius 2 is 1.63 bits per heavy atom. The van der Waals surface area contributed by atoms with E-state index in [9.17, 15) is 14.4 Å². The molecule has 0 aliphatic rings. The van der Waals surface area contributed by atoms with E-state index in [4.69, 9.17) is 5.11 Å². The van der Waals surface area contributed by atoms with Crippen LogP contribution in [0.15, 0.2) is 54.6 Å². The monoisotopic (exact) mass is 366 g/mol. The molecule has 0 spiro atoms. The first-order valence-corrected chi connectivity index (χ1v) is 8.54. The van der Waals surface area contributed by atoms with E-state index in [1.54, 1.807) is 18.2 Å². The molecule has 3 N–H and O–H groups in total. The highest BCUT2D eigenvalue weighted by molar-refractivity contribution is 6.02. The van der Waals surface area contributed by atoms with E-state index in [2.05, 4.69) is 24.5 Å². The van der Waals surface area contributed by atoms with Gasteiger partial charge in [0.1, 0.15) is 6.54 Å². The van der Waals surface area contributed by atoms with Gasteiger partial charge in [-0.1, -0.05) is 38.1 Å². The Bertz CT molecular complexity index is 837. The van der Waals surface area contributed by atoms with Gasteiger partial charge in [-0.2, -0.15) is 0 Å². The summed E-state index contributed by atoms with van der Waals surface area (Å²) in [6.45, 7) is 3.80. The Morgan fingerprint density at radius 3 is 2.19 bits per heavy atom. The lowest BCUT2D eigenvalue weighted by Crippen LogP contribution is -2.29. The molecule has 140 valence electrons. The van der Waals surface area contributed by atoms with E-state index in [-0.39, 0.29) is 5.91 Å². The summed E-state index contributed by atoms with van der Waals surface area (Å²) >= 11 is 0. The Labute approximate surface area is 157 Å². The van der Waals surface area contributed by atoms with E-state index < -0.39 is 18.4 Å². The molecule has 0 atom stereocenters. The van der Waals surface area contributed by atoms with Gasteiger partial charge >= 0.3 is 5.97 Å². The Hall–Kier alpha value is -3.41. The lowest BCUT2D eigenvalue weighted by atomic mass is 10.0. The standard InChI is InChI=1S/C21H22N2O4/c1-14(2)16-6-3-15(4-7-16)5-12-19(24)23-18-10-8-17(9-11-18)21(27)22-13-20(25)26/h3-12,14H,13H2,1-2H3,(H,22,27)(H,23,24)(H,25,26)/b12-5+. The van der Waals surface area contributed by atoms with Crippen LogP contribution in [0.4, 0.5) is 5.69 Å².